The molecule has 0 saturated heterocycles. The monoisotopic (exact) mass is 275 g/mol. The number of hydrogen-bond acceptors (Lipinski definition) is 2. The van der Waals surface area contributed by atoms with Crippen LogP contribution in [0.5, 0.6) is 0 Å². The Morgan fingerprint density at radius 2 is 1.89 bits per heavy atom. The van der Waals surface area contributed by atoms with Gasteiger partial charge in [-0.1, -0.05) is 12.1 Å². The predicted octanol–water partition coefficient (Wildman–Crippen LogP) is 3.60. The Morgan fingerprint density at radius 3 is 2.53 bits per heavy atom. The van der Waals surface area contributed by atoms with E-state index >= 15 is 0 Å². The Labute approximate surface area is 117 Å². The molecular formula is C15H14FNOS. The van der Waals surface area contributed by atoms with Crippen molar-refractivity contribution >= 4 is 24.2 Å². The van der Waals surface area contributed by atoms with Gasteiger partial charge in [0.15, 0.2) is 0 Å². The molecule has 0 aliphatic heterocycles. The first kappa shape index (κ1) is 13.6. The fraction of sp³-hybridized carbons (Fsp3) is 0.133. The fourth-order valence-corrected chi connectivity index (χ4v) is 1.88. The van der Waals surface area contributed by atoms with Crippen LogP contribution in [0.2, 0.25) is 0 Å². The van der Waals surface area contributed by atoms with E-state index in [9.17, 15) is 9.18 Å². The molecule has 2 nitrogen and oxygen atoms in total. The van der Waals surface area contributed by atoms with Gasteiger partial charge in [0.2, 0.25) is 5.91 Å². The molecule has 0 saturated carbocycles. The molecule has 0 radical (unpaired) electrons. The van der Waals surface area contributed by atoms with Crippen molar-refractivity contribution in [2.24, 2.45) is 0 Å². The lowest BCUT2D eigenvalue weighted by molar-refractivity contribution is -0.115. The van der Waals surface area contributed by atoms with Gasteiger partial charge in [0.05, 0.1) is 6.42 Å². The first-order valence-corrected chi connectivity index (χ1v) is 6.33. The molecule has 2 rings (SSSR count). The van der Waals surface area contributed by atoms with Crippen LogP contribution in [0.25, 0.3) is 0 Å². The number of hydrogen-bond donors (Lipinski definition) is 2. The summed E-state index contributed by atoms with van der Waals surface area (Å²) in [5.41, 5.74) is 2.03. The largest absolute Gasteiger partial charge is 0.326 e. The van der Waals surface area contributed by atoms with Crippen molar-refractivity contribution in [2.45, 2.75) is 18.2 Å². The maximum Gasteiger partial charge on any atom is 0.228 e. The SMILES string of the molecule is Cc1cc(NC(=O)Cc2ccc(S)cc2)ccc1F. The van der Waals surface area contributed by atoms with Crippen LogP contribution in [0.3, 0.4) is 0 Å². The molecule has 0 aliphatic rings. The summed E-state index contributed by atoms with van der Waals surface area (Å²) in [7, 11) is 0. The number of thiol groups is 1. The summed E-state index contributed by atoms with van der Waals surface area (Å²) in [6, 6.07) is 11.9. The molecule has 1 amide bonds. The van der Waals surface area contributed by atoms with E-state index in [4.69, 9.17) is 0 Å². The molecule has 0 bridgehead atoms. The van der Waals surface area contributed by atoms with Crippen molar-refractivity contribution in [3.63, 3.8) is 0 Å². The maximum absolute atomic E-state index is 13.1. The predicted molar refractivity (Wildman–Crippen MR) is 77.2 cm³/mol. The lowest BCUT2D eigenvalue weighted by atomic mass is 10.1. The summed E-state index contributed by atoms with van der Waals surface area (Å²) < 4.78 is 13.1. The average molecular weight is 275 g/mol. The van der Waals surface area contributed by atoms with Gasteiger partial charge in [0, 0.05) is 10.6 Å². The molecule has 1 N–H and O–H groups in total. The van der Waals surface area contributed by atoms with E-state index in [1.165, 1.54) is 6.07 Å². The van der Waals surface area contributed by atoms with E-state index in [-0.39, 0.29) is 18.1 Å². The van der Waals surface area contributed by atoms with Crippen molar-refractivity contribution in [1.82, 2.24) is 0 Å². The van der Waals surface area contributed by atoms with E-state index in [0.29, 0.717) is 11.3 Å². The number of nitrogens with one attached hydrogen (secondary N) is 1. The third kappa shape index (κ3) is 3.83. The van der Waals surface area contributed by atoms with Gasteiger partial charge in [0.1, 0.15) is 5.82 Å². The Bertz CT molecular complexity index is 596. The van der Waals surface area contributed by atoms with E-state index in [0.717, 1.165) is 10.5 Å². The number of rotatable bonds is 3. The summed E-state index contributed by atoms with van der Waals surface area (Å²) in [5.74, 6) is -0.403. The minimum atomic E-state index is -0.276. The second kappa shape index (κ2) is 5.89. The lowest BCUT2D eigenvalue weighted by Gasteiger charge is -2.07. The number of carbonyl (C=O) groups is 1. The zero-order chi connectivity index (χ0) is 13.8. The molecule has 0 fully saturated rings. The second-order valence-electron chi connectivity index (χ2n) is 4.36. The molecule has 0 aliphatic carbocycles. The molecule has 0 spiro atoms. The number of carbonyl (C=O) groups excluding carboxylic acids is 1. The smallest absolute Gasteiger partial charge is 0.228 e. The zero-order valence-corrected chi connectivity index (χ0v) is 11.4. The highest BCUT2D eigenvalue weighted by Crippen LogP contribution is 2.14. The van der Waals surface area contributed by atoms with Gasteiger partial charge in [-0.15, -0.1) is 12.6 Å². The normalized spacial score (nSPS) is 10.3. The van der Waals surface area contributed by atoms with Gasteiger partial charge in [0.25, 0.3) is 0 Å². The standard InChI is InChI=1S/C15H14FNOS/c1-10-8-12(4-7-14(10)16)17-15(18)9-11-2-5-13(19)6-3-11/h2-8,19H,9H2,1H3,(H,17,18). The molecule has 98 valence electrons. The number of halogens is 1. The summed E-state index contributed by atoms with van der Waals surface area (Å²) in [6.45, 7) is 1.66. The highest BCUT2D eigenvalue weighted by Gasteiger charge is 2.05. The number of benzene rings is 2. The van der Waals surface area contributed by atoms with Crippen molar-refractivity contribution in [3.05, 3.63) is 59.4 Å². The number of amides is 1. The Hall–Kier alpha value is -1.81. The molecule has 0 unspecified atom stereocenters. The average Bonchev–Trinajstić information content (AvgIpc) is 2.37. The van der Waals surface area contributed by atoms with Gasteiger partial charge in [-0.05, 0) is 48.4 Å². The third-order valence-electron chi connectivity index (χ3n) is 2.74. The summed E-state index contributed by atoms with van der Waals surface area (Å²) in [5, 5.41) is 2.75. The van der Waals surface area contributed by atoms with Crippen LogP contribution in [0.4, 0.5) is 10.1 Å². The van der Waals surface area contributed by atoms with E-state index in [1.54, 1.807) is 19.1 Å². The van der Waals surface area contributed by atoms with Crippen LogP contribution in [-0.2, 0) is 11.2 Å². The van der Waals surface area contributed by atoms with E-state index in [1.807, 2.05) is 24.3 Å². The third-order valence-corrected chi connectivity index (χ3v) is 3.04. The molecule has 19 heavy (non-hydrogen) atoms. The minimum Gasteiger partial charge on any atom is -0.326 e. The summed E-state index contributed by atoms with van der Waals surface area (Å²) in [4.78, 5) is 12.7. The van der Waals surface area contributed by atoms with Crippen LogP contribution >= 0.6 is 12.6 Å². The highest BCUT2D eigenvalue weighted by molar-refractivity contribution is 7.80. The van der Waals surface area contributed by atoms with E-state index in [2.05, 4.69) is 17.9 Å². The fourth-order valence-electron chi connectivity index (χ4n) is 1.73. The quantitative estimate of drug-likeness (QED) is 0.823. The van der Waals surface area contributed by atoms with Gasteiger partial charge < -0.3 is 5.32 Å². The van der Waals surface area contributed by atoms with Crippen molar-refractivity contribution in [1.29, 1.82) is 0 Å². The molecule has 0 atom stereocenters. The first-order chi connectivity index (χ1) is 9.04. The zero-order valence-electron chi connectivity index (χ0n) is 10.5. The highest BCUT2D eigenvalue weighted by atomic mass is 32.1. The number of anilines is 1. The first-order valence-electron chi connectivity index (χ1n) is 5.88. The Kier molecular flexibility index (Phi) is 4.22. The molecule has 0 aromatic heterocycles. The lowest BCUT2D eigenvalue weighted by Crippen LogP contribution is -2.14. The van der Waals surface area contributed by atoms with Crippen LogP contribution in [0.15, 0.2) is 47.4 Å². The van der Waals surface area contributed by atoms with Crippen molar-refractivity contribution in [3.8, 4) is 0 Å². The van der Waals surface area contributed by atoms with Gasteiger partial charge in [-0.25, -0.2) is 4.39 Å². The van der Waals surface area contributed by atoms with Gasteiger partial charge >= 0.3 is 0 Å². The molecule has 2 aromatic carbocycles. The minimum absolute atomic E-state index is 0.127. The van der Waals surface area contributed by atoms with Crippen molar-refractivity contribution in [2.75, 3.05) is 5.32 Å². The summed E-state index contributed by atoms with van der Waals surface area (Å²) >= 11 is 4.19. The topological polar surface area (TPSA) is 29.1 Å². The van der Waals surface area contributed by atoms with Gasteiger partial charge in [-0.3, -0.25) is 4.79 Å². The number of aryl methyl sites for hydroxylation is 1. The Balaban J connectivity index is 2.01. The maximum atomic E-state index is 13.1. The molecular weight excluding hydrogens is 261 g/mol. The van der Waals surface area contributed by atoms with Gasteiger partial charge in [-0.2, -0.15) is 0 Å². The second-order valence-corrected chi connectivity index (χ2v) is 4.87. The van der Waals surface area contributed by atoms with Crippen LogP contribution in [0, 0.1) is 12.7 Å². The van der Waals surface area contributed by atoms with Crippen LogP contribution < -0.4 is 5.32 Å². The van der Waals surface area contributed by atoms with Crippen LogP contribution in [-0.4, -0.2) is 5.91 Å². The molecule has 4 heteroatoms. The molecule has 0 heterocycles. The van der Waals surface area contributed by atoms with E-state index < -0.39 is 0 Å². The summed E-state index contributed by atoms with van der Waals surface area (Å²) in [6.07, 6.45) is 0.282. The Morgan fingerprint density at radius 1 is 1.21 bits per heavy atom. The van der Waals surface area contributed by atoms with Crippen molar-refractivity contribution < 1.29 is 9.18 Å². The molecule has 2 aromatic rings. The van der Waals surface area contributed by atoms with Crippen LogP contribution in [0.1, 0.15) is 11.1 Å².